The minimum absolute atomic E-state index is 0.0640. The number of ether oxygens (including phenoxy) is 1. The predicted octanol–water partition coefficient (Wildman–Crippen LogP) is 2.34. The highest BCUT2D eigenvalue weighted by molar-refractivity contribution is 7.89. The number of H-pyrrole nitrogens is 1. The number of aromatic nitrogens is 2. The first-order valence-electron chi connectivity index (χ1n) is 10.3. The van der Waals surface area contributed by atoms with Crippen molar-refractivity contribution in [1.29, 1.82) is 0 Å². The molecule has 1 aromatic heterocycles. The van der Waals surface area contributed by atoms with E-state index in [1.165, 1.54) is 0 Å². The van der Waals surface area contributed by atoms with Crippen molar-refractivity contribution in [3.05, 3.63) is 45.2 Å². The molecule has 0 radical (unpaired) electrons. The summed E-state index contributed by atoms with van der Waals surface area (Å²) in [6.45, 7) is 2.90. The van der Waals surface area contributed by atoms with Gasteiger partial charge in [0.1, 0.15) is 0 Å². The predicted molar refractivity (Wildman–Crippen MR) is 110 cm³/mol. The SMILES string of the molecule is CCc1ccc(-c2n[nH]c(=O)c3c2CCCC3)cc1S(=O)(=O)NC[C@@H]1CCCO1. The molecule has 0 bridgehead atoms. The minimum atomic E-state index is -3.68. The summed E-state index contributed by atoms with van der Waals surface area (Å²) in [7, 11) is -3.68. The second-order valence-electron chi connectivity index (χ2n) is 7.73. The third-order valence-corrected chi connectivity index (χ3v) is 7.34. The minimum Gasteiger partial charge on any atom is -0.377 e. The van der Waals surface area contributed by atoms with E-state index in [4.69, 9.17) is 4.74 Å². The van der Waals surface area contributed by atoms with Gasteiger partial charge in [-0.3, -0.25) is 4.79 Å². The van der Waals surface area contributed by atoms with Crippen LogP contribution in [-0.4, -0.2) is 37.9 Å². The van der Waals surface area contributed by atoms with Crippen LogP contribution in [0.15, 0.2) is 27.9 Å². The van der Waals surface area contributed by atoms with Gasteiger partial charge in [0, 0.05) is 24.3 Å². The van der Waals surface area contributed by atoms with Crippen molar-refractivity contribution in [3.8, 4) is 11.3 Å². The topological polar surface area (TPSA) is 101 Å². The maximum Gasteiger partial charge on any atom is 0.267 e. The van der Waals surface area contributed by atoms with Crippen LogP contribution in [-0.2, 0) is 34.0 Å². The molecule has 1 atom stereocenters. The lowest BCUT2D eigenvalue weighted by molar-refractivity contribution is 0.114. The van der Waals surface area contributed by atoms with Crippen molar-refractivity contribution in [2.45, 2.75) is 62.9 Å². The molecular formula is C21H27N3O4S. The monoisotopic (exact) mass is 417 g/mol. The van der Waals surface area contributed by atoms with Crippen LogP contribution in [0.4, 0.5) is 0 Å². The van der Waals surface area contributed by atoms with Gasteiger partial charge in [-0.25, -0.2) is 18.2 Å². The Bertz CT molecular complexity index is 1060. The Balaban J connectivity index is 1.71. The Hall–Kier alpha value is -2.03. The molecule has 156 valence electrons. The summed E-state index contributed by atoms with van der Waals surface area (Å²) in [5.41, 5.74) is 3.74. The molecule has 4 rings (SSSR count). The van der Waals surface area contributed by atoms with E-state index in [1.54, 1.807) is 6.07 Å². The lowest BCUT2D eigenvalue weighted by atomic mass is 9.89. The number of hydrogen-bond acceptors (Lipinski definition) is 5. The Labute approximate surface area is 170 Å². The molecule has 1 saturated heterocycles. The zero-order chi connectivity index (χ0) is 20.4. The Morgan fingerprint density at radius 1 is 1.21 bits per heavy atom. The molecule has 2 aromatic rings. The van der Waals surface area contributed by atoms with Crippen LogP contribution >= 0.6 is 0 Å². The summed E-state index contributed by atoms with van der Waals surface area (Å²) in [6.07, 6.45) is 5.89. The molecule has 0 saturated carbocycles. The molecule has 0 unspecified atom stereocenters. The highest BCUT2D eigenvalue weighted by Crippen LogP contribution is 2.30. The number of aromatic amines is 1. The average molecular weight is 418 g/mol. The second-order valence-corrected chi connectivity index (χ2v) is 9.46. The summed E-state index contributed by atoms with van der Waals surface area (Å²) in [5, 5.41) is 6.87. The van der Waals surface area contributed by atoms with Crippen molar-refractivity contribution in [2.24, 2.45) is 0 Å². The lowest BCUT2D eigenvalue weighted by Gasteiger charge is -2.19. The van der Waals surface area contributed by atoms with E-state index in [1.807, 2.05) is 19.1 Å². The molecule has 2 N–H and O–H groups in total. The van der Waals surface area contributed by atoms with Crippen molar-refractivity contribution < 1.29 is 13.2 Å². The van der Waals surface area contributed by atoms with Crippen molar-refractivity contribution in [2.75, 3.05) is 13.2 Å². The molecule has 1 fully saturated rings. The van der Waals surface area contributed by atoms with Gasteiger partial charge in [-0.1, -0.05) is 19.1 Å². The number of nitrogens with zero attached hydrogens (tertiary/aromatic N) is 1. The standard InChI is InChI=1S/C21H27N3O4S/c1-2-14-9-10-15(20-17-7-3-4-8-18(17)21(25)24-23-20)12-19(14)29(26,27)22-13-16-6-5-11-28-16/h9-10,12,16,22H,2-8,11,13H2,1H3,(H,24,25)/t16-/m0/s1. The second kappa shape index (κ2) is 8.38. The van der Waals surface area contributed by atoms with Gasteiger partial charge in [-0.15, -0.1) is 0 Å². The fraction of sp³-hybridized carbons (Fsp3) is 0.524. The zero-order valence-electron chi connectivity index (χ0n) is 16.7. The number of sulfonamides is 1. The van der Waals surface area contributed by atoms with E-state index in [0.29, 0.717) is 24.3 Å². The van der Waals surface area contributed by atoms with Crippen LogP contribution < -0.4 is 10.3 Å². The average Bonchev–Trinajstić information content (AvgIpc) is 3.26. The van der Waals surface area contributed by atoms with Gasteiger partial charge in [-0.05, 0) is 62.1 Å². The Morgan fingerprint density at radius 2 is 2.00 bits per heavy atom. The van der Waals surface area contributed by atoms with Gasteiger partial charge in [0.25, 0.3) is 5.56 Å². The molecule has 8 heteroatoms. The van der Waals surface area contributed by atoms with Crippen LogP contribution in [0.3, 0.4) is 0 Å². The van der Waals surface area contributed by atoms with Crippen LogP contribution in [0.25, 0.3) is 11.3 Å². The maximum absolute atomic E-state index is 13.1. The molecule has 1 aliphatic carbocycles. The zero-order valence-corrected chi connectivity index (χ0v) is 17.5. The number of aryl methyl sites for hydroxylation is 1. The van der Waals surface area contributed by atoms with Gasteiger partial charge >= 0.3 is 0 Å². The first-order valence-corrected chi connectivity index (χ1v) is 11.8. The number of fused-ring (bicyclic) bond motifs is 1. The molecule has 2 aliphatic rings. The van der Waals surface area contributed by atoms with E-state index < -0.39 is 10.0 Å². The van der Waals surface area contributed by atoms with Gasteiger partial charge in [-0.2, -0.15) is 5.10 Å². The summed E-state index contributed by atoms with van der Waals surface area (Å²) in [4.78, 5) is 12.4. The van der Waals surface area contributed by atoms with Crippen LogP contribution in [0, 0.1) is 0 Å². The molecular weight excluding hydrogens is 390 g/mol. The van der Waals surface area contributed by atoms with Gasteiger partial charge < -0.3 is 4.74 Å². The van der Waals surface area contributed by atoms with Gasteiger partial charge in [0.15, 0.2) is 0 Å². The summed E-state index contributed by atoms with van der Waals surface area (Å²) in [5.74, 6) is 0. The molecule has 2 heterocycles. The number of benzene rings is 1. The first kappa shape index (κ1) is 20.3. The third-order valence-electron chi connectivity index (χ3n) is 5.83. The van der Waals surface area contributed by atoms with Crippen LogP contribution in [0.1, 0.15) is 49.3 Å². The molecule has 7 nitrogen and oxygen atoms in total. The molecule has 0 spiro atoms. The summed E-state index contributed by atoms with van der Waals surface area (Å²) < 4.78 is 34.3. The van der Waals surface area contributed by atoms with E-state index in [-0.39, 0.29) is 23.1 Å². The number of nitrogens with one attached hydrogen (secondary N) is 2. The van der Waals surface area contributed by atoms with E-state index in [9.17, 15) is 13.2 Å². The van der Waals surface area contributed by atoms with Crippen molar-refractivity contribution in [1.82, 2.24) is 14.9 Å². The van der Waals surface area contributed by atoms with E-state index in [2.05, 4.69) is 14.9 Å². The molecule has 29 heavy (non-hydrogen) atoms. The van der Waals surface area contributed by atoms with E-state index in [0.717, 1.165) is 55.2 Å². The fourth-order valence-electron chi connectivity index (χ4n) is 4.23. The smallest absolute Gasteiger partial charge is 0.267 e. The van der Waals surface area contributed by atoms with Gasteiger partial charge in [0.05, 0.1) is 16.7 Å². The lowest BCUT2D eigenvalue weighted by Crippen LogP contribution is -2.32. The van der Waals surface area contributed by atoms with Crippen LogP contribution in [0.5, 0.6) is 0 Å². The molecule has 1 aromatic carbocycles. The fourth-order valence-corrected chi connectivity index (χ4v) is 5.63. The quantitative estimate of drug-likeness (QED) is 0.751. The van der Waals surface area contributed by atoms with Crippen molar-refractivity contribution in [3.63, 3.8) is 0 Å². The van der Waals surface area contributed by atoms with Gasteiger partial charge in [0.2, 0.25) is 10.0 Å². The largest absolute Gasteiger partial charge is 0.377 e. The number of rotatable bonds is 6. The summed E-state index contributed by atoms with van der Waals surface area (Å²) >= 11 is 0. The molecule has 0 amide bonds. The number of hydrogen-bond donors (Lipinski definition) is 2. The third kappa shape index (κ3) is 4.15. The highest BCUT2D eigenvalue weighted by atomic mass is 32.2. The molecule has 1 aliphatic heterocycles. The van der Waals surface area contributed by atoms with Crippen LogP contribution in [0.2, 0.25) is 0 Å². The van der Waals surface area contributed by atoms with Crippen molar-refractivity contribution >= 4 is 10.0 Å². The Kier molecular flexibility index (Phi) is 5.85. The van der Waals surface area contributed by atoms with E-state index >= 15 is 0 Å². The Morgan fingerprint density at radius 3 is 2.72 bits per heavy atom. The summed E-state index contributed by atoms with van der Waals surface area (Å²) in [6, 6.07) is 5.43. The normalized spacial score (nSPS) is 19.3. The first-order chi connectivity index (χ1) is 14.0. The maximum atomic E-state index is 13.1. The highest BCUT2D eigenvalue weighted by Gasteiger charge is 2.24.